The highest BCUT2D eigenvalue weighted by molar-refractivity contribution is 7.90. The van der Waals surface area contributed by atoms with Crippen LogP contribution in [-0.4, -0.2) is 52.4 Å². The number of benzene rings is 1. The quantitative estimate of drug-likeness (QED) is 0.369. The molecule has 0 aliphatic rings. The standard InChI is InChI=1S/C18H32N4O2S/c1-6-19-17(21-13-14-22-18(2,3)4)20-12-11-15-7-9-16(10-8-15)25(5,23)24/h7-10,22H,6,11-14H2,1-5H3,(H2,19,20,21). The Morgan fingerprint density at radius 2 is 1.72 bits per heavy atom. The summed E-state index contributed by atoms with van der Waals surface area (Å²) in [5.74, 6) is 0.797. The minimum atomic E-state index is -3.13. The number of hydrogen-bond acceptors (Lipinski definition) is 4. The first-order valence-corrected chi connectivity index (χ1v) is 10.6. The number of nitrogens with one attached hydrogen (secondary N) is 3. The third-order valence-corrected chi connectivity index (χ3v) is 4.57. The Bertz CT molecular complexity index is 647. The largest absolute Gasteiger partial charge is 0.357 e. The van der Waals surface area contributed by atoms with Gasteiger partial charge in [0, 0.05) is 31.4 Å². The first kappa shape index (κ1) is 21.4. The average Bonchev–Trinajstić information content (AvgIpc) is 2.50. The normalized spacial score (nSPS) is 12.9. The van der Waals surface area contributed by atoms with E-state index in [0.717, 1.165) is 37.6 Å². The molecule has 0 saturated carbocycles. The highest BCUT2D eigenvalue weighted by Crippen LogP contribution is 2.10. The zero-order valence-corrected chi connectivity index (χ0v) is 16.8. The van der Waals surface area contributed by atoms with Gasteiger partial charge in [0.2, 0.25) is 0 Å². The third-order valence-electron chi connectivity index (χ3n) is 3.44. The lowest BCUT2D eigenvalue weighted by Gasteiger charge is -2.20. The van der Waals surface area contributed by atoms with E-state index < -0.39 is 9.84 Å². The lowest BCUT2D eigenvalue weighted by molar-refractivity contribution is 0.432. The van der Waals surface area contributed by atoms with Gasteiger partial charge in [0.25, 0.3) is 0 Å². The number of guanidine groups is 1. The summed E-state index contributed by atoms with van der Waals surface area (Å²) >= 11 is 0. The van der Waals surface area contributed by atoms with Crippen LogP contribution in [0.2, 0.25) is 0 Å². The van der Waals surface area contributed by atoms with Crippen LogP contribution in [0.3, 0.4) is 0 Å². The highest BCUT2D eigenvalue weighted by atomic mass is 32.2. The van der Waals surface area contributed by atoms with Crippen LogP contribution in [0.4, 0.5) is 0 Å². The van der Waals surface area contributed by atoms with Gasteiger partial charge in [0.1, 0.15) is 0 Å². The molecule has 0 saturated heterocycles. The van der Waals surface area contributed by atoms with Gasteiger partial charge in [-0.2, -0.15) is 0 Å². The van der Waals surface area contributed by atoms with Gasteiger partial charge in [-0.25, -0.2) is 8.42 Å². The van der Waals surface area contributed by atoms with Gasteiger partial charge in [-0.05, 0) is 51.8 Å². The molecule has 0 aromatic heterocycles. The molecule has 0 unspecified atom stereocenters. The van der Waals surface area contributed by atoms with Crippen LogP contribution < -0.4 is 16.0 Å². The Labute approximate surface area is 152 Å². The first-order chi connectivity index (χ1) is 11.6. The third kappa shape index (κ3) is 9.45. The maximum absolute atomic E-state index is 11.5. The van der Waals surface area contributed by atoms with Gasteiger partial charge < -0.3 is 16.0 Å². The van der Waals surface area contributed by atoms with Gasteiger partial charge in [-0.3, -0.25) is 4.99 Å². The van der Waals surface area contributed by atoms with Gasteiger partial charge >= 0.3 is 0 Å². The first-order valence-electron chi connectivity index (χ1n) is 8.68. The topological polar surface area (TPSA) is 82.6 Å². The van der Waals surface area contributed by atoms with E-state index in [9.17, 15) is 8.42 Å². The van der Waals surface area contributed by atoms with Crippen LogP contribution in [0.1, 0.15) is 33.3 Å². The summed E-state index contributed by atoms with van der Waals surface area (Å²) < 4.78 is 22.9. The summed E-state index contributed by atoms with van der Waals surface area (Å²) in [7, 11) is -3.13. The predicted octanol–water partition coefficient (Wildman–Crippen LogP) is 1.58. The van der Waals surface area contributed by atoms with Crippen molar-refractivity contribution in [2.45, 2.75) is 44.6 Å². The van der Waals surface area contributed by atoms with Crippen molar-refractivity contribution in [1.82, 2.24) is 16.0 Å². The molecule has 1 rings (SSSR count). The number of rotatable bonds is 8. The van der Waals surface area contributed by atoms with Crippen LogP contribution in [-0.2, 0) is 16.3 Å². The molecule has 1 aromatic carbocycles. The number of hydrogen-bond donors (Lipinski definition) is 3. The van der Waals surface area contributed by atoms with E-state index in [2.05, 4.69) is 41.7 Å². The molecule has 0 aliphatic heterocycles. The monoisotopic (exact) mass is 368 g/mol. The van der Waals surface area contributed by atoms with Crippen molar-refractivity contribution in [2.24, 2.45) is 4.99 Å². The van der Waals surface area contributed by atoms with Gasteiger partial charge in [-0.15, -0.1) is 0 Å². The molecule has 0 heterocycles. The summed E-state index contributed by atoms with van der Waals surface area (Å²) in [6, 6.07) is 7.02. The fraction of sp³-hybridized carbons (Fsp3) is 0.611. The summed E-state index contributed by atoms with van der Waals surface area (Å²) in [6.45, 7) is 11.5. The molecule has 0 aliphatic carbocycles. The molecule has 0 amide bonds. The van der Waals surface area contributed by atoms with Crippen molar-refractivity contribution < 1.29 is 8.42 Å². The molecule has 1 aromatic rings. The van der Waals surface area contributed by atoms with E-state index in [1.54, 1.807) is 12.1 Å². The smallest absolute Gasteiger partial charge is 0.191 e. The lowest BCUT2D eigenvalue weighted by atomic mass is 10.1. The highest BCUT2D eigenvalue weighted by Gasteiger charge is 2.07. The van der Waals surface area contributed by atoms with Gasteiger partial charge in [-0.1, -0.05) is 12.1 Å². The second kappa shape index (κ2) is 9.77. The summed E-state index contributed by atoms with van der Waals surface area (Å²) in [4.78, 5) is 4.90. The summed E-state index contributed by atoms with van der Waals surface area (Å²) in [5, 5.41) is 9.94. The SMILES string of the molecule is CCNC(=NCCNC(C)(C)C)NCCc1ccc(S(C)(=O)=O)cc1. The van der Waals surface area contributed by atoms with E-state index in [0.29, 0.717) is 11.4 Å². The predicted molar refractivity (Wildman–Crippen MR) is 105 cm³/mol. The molecule has 0 atom stereocenters. The zero-order valence-electron chi connectivity index (χ0n) is 16.0. The van der Waals surface area contributed by atoms with E-state index in [1.165, 1.54) is 6.26 Å². The Morgan fingerprint density at radius 1 is 1.08 bits per heavy atom. The van der Waals surface area contributed by atoms with Crippen molar-refractivity contribution in [3.63, 3.8) is 0 Å². The van der Waals surface area contributed by atoms with Crippen molar-refractivity contribution in [1.29, 1.82) is 0 Å². The second-order valence-electron chi connectivity index (χ2n) is 7.03. The molecule has 25 heavy (non-hydrogen) atoms. The minimum Gasteiger partial charge on any atom is -0.357 e. The van der Waals surface area contributed by atoms with E-state index in [4.69, 9.17) is 0 Å². The van der Waals surface area contributed by atoms with Crippen LogP contribution in [0.5, 0.6) is 0 Å². The number of aliphatic imine (C=N–C) groups is 1. The average molecular weight is 369 g/mol. The molecule has 0 fully saturated rings. The van der Waals surface area contributed by atoms with Crippen molar-refractivity contribution in [3.05, 3.63) is 29.8 Å². The Morgan fingerprint density at radius 3 is 2.24 bits per heavy atom. The van der Waals surface area contributed by atoms with Gasteiger partial charge in [0.05, 0.1) is 11.4 Å². The van der Waals surface area contributed by atoms with Crippen molar-refractivity contribution in [2.75, 3.05) is 32.4 Å². The van der Waals surface area contributed by atoms with Crippen LogP contribution >= 0.6 is 0 Å². The molecular weight excluding hydrogens is 336 g/mol. The molecule has 6 nitrogen and oxygen atoms in total. The second-order valence-corrected chi connectivity index (χ2v) is 9.05. The molecule has 7 heteroatoms. The van der Waals surface area contributed by atoms with Crippen molar-refractivity contribution >= 4 is 15.8 Å². The van der Waals surface area contributed by atoms with Crippen LogP contribution in [0, 0.1) is 0 Å². The van der Waals surface area contributed by atoms with Crippen molar-refractivity contribution in [3.8, 4) is 0 Å². The molecule has 0 spiro atoms. The molecular formula is C18H32N4O2S. The van der Waals surface area contributed by atoms with Gasteiger partial charge in [0.15, 0.2) is 15.8 Å². The minimum absolute atomic E-state index is 0.0967. The van der Waals surface area contributed by atoms with Crippen LogP contribution in [0.15, 0.2) is 34.2 Å². The lowest BCUT2D eigenvalue weighted by Crippen LogP contribution is -2.40. The molecule has 142 valence electrons. The maximum Gasteiger partial charge on any atom is 0.191 e. The van der Waals surface area contributed by atoms with E-state index >= 15 is 0 Å². The molecule has 0 bridgehead atoms. The fourth-order valence-corrected chi connectivity index (χ4v) is 2.80. The Kier molecular flexibility index (Phi) is 8.38. The van der Waals surface area contributed by atoms with E-state index in [1.807, 2.05) is 19.1 Å². The Hall–Kier alpha value is -1.60. The summed E-state index contributed by atoms with van der Waals surface area (Å²) in [6.07, 6.45) is 2.02. The maximum atomic E-state index is 11.5. The Balaban J connectivity index is 2.46. The van der Waals surface area contributed by atoms with E-state index in [-0.39, 0.29) is 5.54 Å². The molecule has 0 radical (unpaired) electrons. The molecule has 3 N–H and O–H groups in total. The number of nitrogens with zero attached hydrogens (tertiary/aromatic N) is 1. The zero-order chi connectivity index (χ0) is 18.9. The number of sulfone groups is 1. The summed E-state index contributed by atoms with van der Waals surface area (Å²) in [5.41, 5.74) is 1.18. The van der Waals surface area contributed by atoms with Crippen LogP contribution in [0.25, 0.3) is 0 Å². The fourth-order valence-electron chi connectivity index (χ4n) is 2.17.